The van der Waals surface area contributed by atoms with Crippen LogP contribution in [0, 0.1) is 11.6 Å². The van der Waals surface area contributed by atoms with Crippen molar-refractivity contribution in [2.24, 2.45) is 0 Å². The molecule has 2 heterocycles. The van der Waals surface area contributed by atoms with E-state index in [0.717, 1.165) is 62.5 Å². The summed E-state index contributed by atoms with van der Waals surface area (Å²) in [6, 6.07) is 23.5. The monoisotopic (exact) mass is 967 g/mol. The van der Waals surface area contributed by atoms with E-state index in [1.165, 1.54) is 120 Å². The van der Waals surface area contributed by atoms with Gasteiger partial charge in [-0.1, -0.05) is 148 Å². The molecule has 0 atom stereocenters. The first-order chi connectivity index (χ1) is 34.7. The first-order valence-electron chi connectivity index (χ1n) is 26.5. The van der Waals surface area contributed by atoms with Gasteiger partial charge in [-0.2, -0.15) is 0 Å². The second kappa shape index (κ2) is 31.9. The third kappa shape index (κ3) is 19.9. The molecule has 0 amide bonds. The molecular weight excluding hydrogens is 891 g/mol. The van der Waals surface area contributed by atoms with Gasteiger partial charge in [0.15, 0.2) is 11.6 Å². The lowest BCUT2D eigenvalue weighted by atomic mass is 10.1. The summed E-state index contributed by atoms with van der Waals surface area (Å²) >= 11 is 0. The molecule has 378 valence electrons. The number of esters is 2. The van der Waals surface area contributed by atoms with Gasteiger partial charge in [0.25, 0.3) is 0 Å². The van der Waals surface area contributed by atoms with Gasteiger partial charge in [-0.25, -0.2) is 38.3 Å². The molecule has 0 unspecified atom stereocenters. The van der Waals surface area contributed by atoms with E-state index in [-0.39, 0.29) is 22.6 Å². The molecule has 10 heteroatoms. The number of hydrogen-bond donors (Lipinski definition) is 0. The molecule has 2 aromatic heterocycles. The van der Waals surface area contributed by atoms with Crippen molar-refractivity contribution < 1.29 is 27.8 Å². The number of rotatable bonds is 29. The van der Waals surface area contributed by atoms with Crippen molar-refractivity contribution in [2.75, 3.05) is 0 Å². The Labute approximate surface area is 422 Å². The van der Waals surface area contributed by atoms with Gasteiger partial charge < -0.3 is 9.47 Å². The Morgan fingerprint density at radius 2 is 0.676 bits per heavy atom. The van der Waals surface area contributed by atoms with E-state index < -0.39 is 23.6 Å². The number of aromatic nitrogens is 4. The Balaban J connectivity index is 0.000000264. The van der Waals surface area contributed by atoms with Crippen LogP contribution in [0.1, 0.15) is 193 Å². The molecule has 71 heavy (non-hydrogen) atoms. The summed E-state index contributed by atoms with van der Waals surface area (Å²) in [4.78, 5) is 42.4. The number of halogens is 2. The summed E-state index contributed by atoms with van der Waals surface area (Å²) in [5.74, 6) is -1.10. The van der Waals surface area contributed by atoms with Crippen molar-refractivity contribution in [3.8, 4) is 34.3 Å². The second-order valence-corrected chi connectivity index (χ2v) is 18.6. The van der Waals surface area contributed by atoms with Crippen LogP contribution in [-0.4, -0.2) is 31.9 Å². The second-order valence-electron chi connectivity index (χ2n) is 18.6. The van der Waals surface area contributed by atoms with Crippen LogP contribution in [0.3, 0.4) is 0 Å². The molecule has 0 bridgehead atoms. The number of nitrogens with zero attached hydrogens (tertiary/aromatic N) is 4. The quantitative estimate of drug-likeness (QED) is 0.0260. The maximum absolute atomic E-state index is 14.8. The normalized spacial score (nSPS) is 11.0. The van der Waals surface area contributed by atoms with Crippen molar-refractivity contribution in [1.29, 1.82) is 0 Å². The summed E-state index contributed by atoms with van der Waals surface area (Å²) < 4.78 is 40.3. The Morgan fingerprint density at radius 1 is 0.380 bits per heavy atom. The standard InChI is InChI=1S/C31H39FN2O2.C30H37FN2O2/c1-3-5-7-8-9-10-12-14-25-22-33-30(34-23-25)28-20-19-27(21-29(28)32)36-31(35)26-17-15-24(16-18-26)13-11-6-4-2;1-3-5-7-8-9-11-13-24-21-32-29(33-22-24)27-19-18-26(20-28(27)31)35-30(34)25-16-14-23(15-17-25)12-10-6-4-2/h15-23H,3-14H2,1-2H3;14-22H,3-13H2,1-2H3. The van der Waals surface area contributed by atoms with Gasteiger partial charge in [0, 0.05) is 36.9 Å². The molecular formula is C61H76F2N4O4. The lowest BCUT2D eigenvalue weighted by Gasteiger charge is -2.08. The highest BCUT2D eigenvalue weighted by atomic mass is 19.1. The van der Waals surface area contributed by atoms with Crippen LogP contribution >= 0.6 is 0 Å². The Hall–Kier alpha value is -6.16. The number of carbonyl (C=O) groups is 2. The van der Waals surface area contributed by atoms with Crippen LogP contribution in [0.25, 0.3) is 22.8 Å². The van der Waals surface area contributed by atoms with Crippen molar-refractivity contribution in [3.05, 3.63) is 155 Å². The van der Waals surface area contributed by atoms with Crippen molar-refractivity contribution in [1.82, 2.24) is 19.9 Å². The van der Waals surface area contributed by atoms with Crippen LogP contribution in [0.4, 0.5) is 8.78 Å². The number of aryl methyl sites for hydroxylation is 4. The lowest BCUT2D eigenvalue weighted by molar-refractivity contribution is 0.0724. The fourth-order valence-corrected chi connectivity index (χ4v) is 8.23. The highest BCUT2D eigenvalue weighted by Crippen LogP contribution is 2.27. The van der Waals surface area contributed by atoms with Gasteiger partial charge in [-0.15, -0.1) is 0 Å². The number of hydrogen-bond acceptors (Lipinski definition) is 8. The molecule has 0 saturated carbocycles. The largest absolute Gasteiger partial charge is 0.423 e. The molecule has 4 aromatic carbocycles. The van der Waals surface area contributed by atoms with Crippen molar-refractivity contribution in [3.63, 3.8) is 0 Å². The van der Waals surface area contributed by atoms with Crippen molar-refractivity contribution >= 4 is 11.9 Å². The fraction of sp³-hybridized carbons (Fsp3) is 0.443. The van der Waals surface area contributed by atoms with E-state index in [0.29, 0.717) is 22.8 Å². The Kier molecular flexibility index (Phi) is 25.1. The van der Waals surface area contributed by atoms with Crippen LogP contribution in [-0.2, 0) is 25.7 Å². The third-order valence-electron chi connectivity index (χ3n) is 12.6. The predicted molar refractivity (Wildman–Crippen MR) is 283 cm³/mol. The minimum absolute atomic E-state index is 0.156. The van der Waals surface area contributed by atoms with E-state index >= 15 is 0 Å². The van der Waals surface area contributed by atoms with Gasteiger partial charge in [-0.05, 0) is 122 Å². The highest BCUT2D eigenvalue weighted by Gasteiger charge is 2.16. The molecule has 0 aliphatic carbocycles. The number of carbonyl (C=O) groups excluding carboxylic acids is 2. The molecule has 6 rings (SSSR count). The summed E-state index contributed by atoms with van der Waals surface area (Å²) in [5.41, 5.74) is 5.98. The molecule has 8 nitrogen and oxygen atoms in total. The van der Waals surface area contributed by atoms with Gasteiger partial charge in [-0.3, -0.25) is 0 Å². The van der Waals surface area contributed by atoms with Crippen LogP contribution < -0.4 is 9.47 Å². The SMILES string of the molecule is CCCCCCCCCc1cnc(-c2ccc(OC(=O)c3ccc(CCCCC)cc3)cc2F)nc1.CCCCCCCCc1cnc(-c2ccc(OC(=O)c3ccc(CCCCC)cc3)cc2F)nc1. The van der Waals surface area contributed by atoms with E-state index in [2.05, 4.69) is 47.6 Å². The summed E-state index contributed by atoms with van der Waals surface area (Å²) in [6.07, 6.45) is 34.2. The van der Waals surface area contributed by atoms with Gasteiger partial charge in [0.2, 0.25) is 0 Å². The molecule has 0 N–H and O–H groups in total. The lowest BCUT2D eigenvalue weighted by Crippen LogP contribution is -2.09. The highest BCUT2D eigenvalue weighted by molar-refractivity contribution is 5.91. The topological polar surface area (TPSA) is 104 Å². The number of benzene rings is 4. The maximum Gasteiger partial charge on any atom is 0.343 e. The van der Waals surface area contributed by atoms with E-state index in [4.69, 9.17) is 9.47 Å². The predicted octanol–water partition coefficient (Wildman–Crippen LogP) is 16.7. The zero-order chi connectivity index (χ0) is 50.5. The van der Waals surface area contributed by atoms with Crippen LogP contribution in [0.15, 0.2) is 110 Å². The van der Waals surface area contributed by atoms with Crippen molar-refractivity contribution in [2.45, 2.75) is 175 Å². The summed E-state index contributed by atoms with van der Waals surface area (Å²) in [6.45, 7) is 8.80. The summed E-state index contributed by atoms with van der Waals surface area (Å²) in [5, 5.41) is 0. The minimum atomic E-state index is -0.523. The Morgan fingerprint density at radius 3 is 1.01 bits per heavy atom. The van der Waals surface area contributed by atoms with Gasteiger partial charge >= 0.3 is 11.9 Å². The van der Waals surface area contributed by atoms with E-state index in [1.54, 1.807) is 73.3 Å². The van der Waals surface area contributed by atoms with Gasteiger partial charge in [0.1, 0.15) is 23.1 Å². The zero-order valence-electron chi connectivity index (χ0n) is 42.8. The molecule has 0 saturated heterocycles. The Bertz CT molecular complexity index is 2460. The van der Waals surface area contributed by atoms with Crippen LogP contribution in [0.2, 0.25) is 0 Å². The molecule has 0 spiro atoms. The van der Waals surface area contributed by atoms with E-state index in [9.17, 15) is 18.4 Å². The first kappa shape index (κ1) is 55.8. The average Bonchev–Trinajstić information content (AvgIpc) is 3.38. The van der Waals surface area contributed by atoms with Gasteiger partial charge in [0.05, 0.1) is 22.3 Å². The molecule has 0 fully saturated rings. The van der Waals surface area contributed by atoms with E-state index in [1.807, 2.05) is 24.3 Å². The average molecular weight is 967 g/mol. The third-order valence-corrected chi connectivity index (χ3v) is 12.6. The maximum atomic E-state index is 14.8. The molecule has 0 aliphatic heterocycles. The first-order valence-corrected chi connectivity index (χ1v) is 26.5. The smallest absolute Gasteiger partial charge is 0.343 e. The molecule has 0 radical (unpaired) electrons. The molecule has 6 aromatic rings. The fourth-order valence-electron chi connectivity index (χ4n) is 8.23. The zero-order valence-corrected chi connectivity index (χ0v) is 42.8. The summed E-state index contributed by atoms with van der Waals surface area (Å²) in [7, 11) is 0. The minimum Gasteiger partial charge on any atom is -0.423 e. The van der Waals surface area contributed by atoms with Crippen LogP contribution in [0.5, 0.6) is 11.5 Å². The molecule has 0 aliphatic rings. The number of ether oxygens (including phenoxy) is 2. The number of unbranched alkanes of at least 4 members (excludes halogenated alkanes) is 15.